The number of fused-ring (bicyclic) bond motifs is 1. The maximum atomic E-state index is 13.1. The lowest BCUT2D eigenvalue weighted by atomic mass is 10.0. The van der Waals surface area contributed by atoms with Crippen LogP contribution in [0.1, 0.15) is 28.9 Å². The van der Waals surface area contributed by atoms with E-state index < -0.39 is 0 Å². The van der Waals surface area contributed by atoms with Gasteiger partial charge in [-0.15, -0.1) is 0 Å². The first-order chi connectivity index (χ1) is 13.5. The van der Waals surface area contributed by atoms with Gasteiger partial charge >= 0.3 is 0 Å². The van der Waals surface area contributed by atoms with Crippen LogP contribution in [0.5, 0.6) is 23.0 Å². The third-order valence-corrected chi connectivity index (χ3v) is 4.80. The molecule has 8 nitrogen and oxygen atoms in total. The minimum Gasteiger partial charge on any atom is -0.496 e. The molecule has 1 aliphatic rings. The van der Waals surface area contributed by atoms with Crippen molar-refractivity contribution >= 4 is 11.6 Å². The van der Waals surface area contributed by atoms with E-state index in [4.69, 9.17) is 18.9 Å². The molecule has 150 valence electrons. The molecule has 2 heterocycles. The molecule has 2 aromatic rings. The highest BCUT2D eigenvalue weighted by Gasteiger charge is 2.25. The molecular weight excluding hydrogens is 364 g/mol. The van der Waals surface area contributed by atoms with Gasteiger partial charge in [0.1, 0.15) is 11.3 Å². The Morgan fingerprint density at radius 1 is 0.929 bits per heavy atom. The zero-order chi connectivity index (χ0) is 20.3. The standard InChI is InChI=1S/C20H24N2O6/c1-25-14-11-17(23)22-8-6-5-7-13(22)18(14)20(24)21-12-9-15(26-2)19(28-4)16(10-12)27-3/h9-11H,5-8H2,1-4H3,(H,21,24). The number of nitrogens with one attached hydrogen (secondary N) is 1. The second-order valence-corrected chi connectivity index (χ2v) is 6.35. The molecule has 0 fully saturated rings. The molecule has 28 heavy (non-hydrogen) atoms. The van der Waals surface area contributed by atoms with Crippen LogP contribution in [0, 0.1) is 0 Å². The topological polar surface area (TPSA) is 88.0 Å². The van der Waals surface area contributed by atoms with Crippen molar-refractivity contribution in [1.29, 1.82) is 0 Å². The third kappa shape index (κ3) is 3.49. The molecule has 3 rings (SSSR count). The lowest BCUT2D eigenvalue weighted by Crippen LogP contribution is -2.30. The number of ether oxygens (including phenoxy) is 4. The van der Waals surface area contributed by atoms with E-state index in [-0.39, 0.29) is 17.2 Å². The number of carbonyl (C=O) groups is 1. The largest absolute Gasteiger partial charge is 0.496 e. The summed E-state index contributed by atoms with van der Waals surface area (Å²) < 4.78 is 23.0. The molecule has 1 aromatic heterocycles. The van der Waals surface area contributed by atoms with Crippen molar-refractivity contribution in [2.75, 3.05) is 33.8 Å². The zero-order valence-corrected chi connectivity index (χ0v) is 16.5. The van der Waals surface area contributed by atoms with Gasteiger partial charge < -0.3 is 28.8 Å². The van der Waals surface area contributed by atoms with Gasteiger partial charge in [0.15, 0.2) is 11.5 Å². The summed E-state index contributed by atoms with van der Waals surface area (Å²) in [5.74, 6) is 1.19. The molecule has 0 saturated heterocycles. The van der Waals surface area contributed by atoms with E-state index in [0.29, 0.717) is 47.2 Å². The minimum atomic E-state index is -0.364. The molecule has 8 heteroatoms. The SMILES string of the molecule is COc1cc(NC(=O)c2c(OC)cc(=O)n3c2CCCC3)cc(OC)c1OC. The number of hydrogen-bond donors (Lipinski definition) is 1. The number of carbonyl (C=O) groups excluding carboxylic acids is 1. The van der Waals surface area contributed by atoms with Gasteiger partial charge in [0, 0.05) is 36.1 Å². The number of aromatic nitrogens is 1. The lowest BCUT2D eigenvalue weighted by Gasteiger charge is -2.23. The first-order valence-electron chi connectivity index (χ1n) is 8.96. The first kappa shape index (κ1) is 19.6. The summed E-state index contributed by atoms with van der Waals surface area (Å²) in [4.78, 5) is 25.4. The molecule has 0 bridgehead atoms. The van der Waals surface area contributed by atoms with Crippen LogP contribution in [0.3, 0.4) is 0 Å². The summed E-state index contributed by atoms with van der Waals surface area (Å²) in [5.41, 5.74) is 1.38. The number of rotatable bonds is 6. The Hall–Kier alpha value is -3.16. The number of nitrogens with zero attached hydrogens (tertiary/aromatic N) is 1. The van der Waals surface area contributed by atoms with Crippen molar-refractivity contribution in [2.45, 2.75) is 25.8 Å². The fourth-order valence-corrected chi connectivity index (χ4v) is 3.49. The van der Waals surface area contributed by atoms with Gasteiger partial charge in [-0.25, -0.2) is 0 Å². The normalized spacial score (nSPS) is 12.7. The number of amides is 1. The first-order valence-corrected chi connectivity index (χ1v) is 8.96. The van der Waals surface area contributed by atoms with Crippen LogP contribution < -0.4 is 29.8 Å². The van der Waals surface area contributed by atoms with Crippen molar-refractivity contribution in [3.8, 4) is 23.0 Å². The summed E-state index contributed by atoms with van der Waals surface area (Å²) in [6.07, 6.45) is 2.47. The molecule has 1 N–H and O–H groups in total. The van der Waals surface area contributed by atoms with Crippen LogP contribution in [-0.4, -0.2) is 38.9 Å². The maximum absolute atomic E-state index is 13.1. The summed E-state index contributed by atoms with van der Waals surface area (Å²) >= 11 is 0. The number of benzene rings is 1. The summed E-state index contributed by atoms with van der Waals surface area (Å²) in [6, 6.07) is 4.65. The Morgan fingerprint density at radius 3 is 2.14 bits per heavy atom. The average molecular weight is 388 g/mol. The monoisotopic (exact) mass is 388 g/mol. The Labute approximate surface area is 163 Å². The van der Waals surface area contributed by atoms with Gasteiger partial charge in [-0.1, -0.05) is 0 Å². The average Bonchev–Trinajstić information content (AvgIpc) is 2.72. The van der Waals surface area contributed by atoms with Crippen molar-refractivity contribution in [1.82, 2.24) is 4.57 Å². The predicted octanol–water partition coefficient (Wildman–Crippen LogP) is 2.47. The highest BCUT2D eigenvalue weighted by Crippen LogP contribution is 2.40. The molecule has 1 amide bonds. The number of hydrogen-bond acceptors (Lipinski definition) is 6. The van der Waals surface area contributed by atoms with Gasteiger partial charge in [0.05, 0.1) is 28.4 Å². The van der Waals surface area contributed by atoms with Crippen LogP contribution in [0.15, 0.2) is 23.0 Å². The van der Waals surface area contributed by atoms with E-state index >= 15 is 0 Å². The lowest BCUT2D eigenvalue weighted by molar-refractivity contribution is 0.102. The highest BCUT2D eigenvalue weighted by molar-refractivity contribution is 6.07. The number of methoxy groups -OCH3 is 4. The molecule has 1 aromatic carbocycles. The smallest absolute Gasteiger partial charge is 0.261 e. The molecule has 0 atom stereocenters. The van der Waals surface area contributed by atoms with Crippen molar-refractivity contribution in [3.63, 3.8) is 0 Å². The quantitative estimate of drug-likeness (QED) is 0.818. The van der Waals surface area contributed by atoms with Crippen LogP contribution in [0.4, 0.5) is 5.69 Å². The number of anilines is 1. The second kappa shape index (κ2) is 8.24. The fraction of sp³-hybridized carbons (Fsp3) is 0.400. The summed E-state index contributed by atoms with van der Waals surface area (Å²) in [6.45, 7) is 0.600. The zero-order valence-electron chi connectivity index (χ0n) is 16.5. The molecule has 0 saturated carbocycles. The second-order valence-electron chi connectivity index (χ2n) is 6.35. The molecule has 0 aliphatic carbocycles. The van der Waals surface area contributed by atoms with Gasteiger partial charge in [-0.3, -0.25) is 9.59 Å². The van der Waals surface area contributed by atoms with Crippen LogP contribution in [0.2, 0.25) is 0 Å². The maximum Gasteiger partial charge on any atom is 0.261 e. The van der Waals surface area contributed by atoms with Gasteiger partial charge in [-0.2, -0.15) is 0 Å². The van der Waals surface area contributed by atoms with Crippen LogP contribution in [-0.2, 0) is 13.0 Å². The van der Waals surface area contributed by atoms with Crippen molar-refractivity contribution in [2.24, 2.45) is 0 Å². The summed E-state index contributed by atoms with van der Waals surface area (Å²) in [7, 11) is 5.97. The van der Waals surface area contributed by atoms with E-state index in [1.807, 2.05) is 0 Å². The molecular formula is C20H24N2O6. The van der Waals surface area contributed by atoms with E-state index in [2.05, 4.69) is 5.32 Å². The molecule has 0 unspecified atom stereocenters. The van der Waals surface area contributed by atoms with Crippen LogP contribution >= 0.6 is 0 Å². The minimum absolute atomic E-state index is 0.157. The fourth-order valence-electron chi connectivity index (χ4n) is 3.49. The van der Waals surface area contributed by atoms with Crippen molar-refractivity contribution in [3.05, 3.63) is 39.8 Å². The molecule has 0 radical (unpaired) electrons. The highest BCUT2D eigenvalue weighted by atomic mass is 16.5. The van der Waals surface area contributed by atoms with Gasteiger partial charge in [0.2, 0.25) is 5.75 Å². The van der Waals surface area contributed by atoms with Crippen molar-refractivity contribution < 1.29 is 23.7 Å². The predicted molar refractivity (Wildman–Crippen MR) is 104 cm³/mol. The van der Waals surface area contributed by atoms with E-state index in [0.717, 1.165) is 12.8 Å². The Morgan fingerprint density at radius 2 is 1.57 bits per heavy atom. The molecule has 1 aliphatic heterocycles. The van der Waals surface area contributed by atoms with Crippen LogP contribution in [0.25, 0.3) is 0 Å². The van der Waals surface area contributed by atoms with Gasteiger partial charge in [-0.05, 0) is 19.3 Å². The Balaban J connectivity index is 2.04. The van der Waals surface area contributed by atoms with E-state index in [1.54, 1.807) is 16.7 Å². The third-order valence-electron chi connectivity index (χ3n) is 4.80. The summed E-state index contributed by atoms with van der Waals surface area (Å²) in [5, 5.41) is 2.85. The number of pyridine rings is 1. The Bertz CT molecular complexity index is 925. The molecule has 0 spiro atoms. The van der Waals surface area contributed by atoms with Gasteiger partial charge in [0.25, 0.3) is 11.5 Å². The Kier molecular flexibility index (Phi) is 5.77. The van der Waals surface area contributed by atoms with E-state index in [1.165, 1.54) is 34.5 Å². The van der Waals surface area contributed by atoms with E-state index in [9.17, 15) is 9.59 Å².